The van der Waals surface area contributed by atoms with Crippen LogP contribution in [0.15, 0.2) is 18.2 Å². The lowest BCUT2D eigenvalue weighted by atomic mass is 10.1. The molecule has 1 amide bonds. The Labute approximate surface area is 152 Å². The molecule has 25 heavy (non-hydrogen) atoms. The molecule has 8 heteroatoms. The van der Waals surface area contributed by atoms with Gasteiger partial charge in [-0.1, -0.05) is 24.4 Å². The van der Waals surface area contributed by atoms with Crippen molar-refractivity contribution in [2.24, 2.45) is 0 Å². The number of halogens is 2. The monoisotopic (exact) mass is 389 g/mol. The van der Waals surface area contributed by atoms with Gasteiger partial charge in [-0.3, -0.25) is 4.79 Å². The third kappa shape index (κ3) is 4.44. The van der Waals surface area contributed by atoms with Gasteiger partial charge in [0.1, 0.15) is 11.6 Å². The molecule has 0 N–H and O–H groups in total. The highest BCUT2D eigenvalue weighted by atomic mass is 35.5. The number of hydrogen-bond acceptors (Lipinski definition) is 4. The number of ether oxygens (including phenoxy) is 1. The van der Waals surface area contributed by atoms with Crippen molar-refractivity contribution in [1.82, 2.24) is 4.90 Å². The molecule has 1 aliphatic carbocycles. The lowest BCUT2D eigenvalue weighted by Crippen LogP contribution is -2.48. The topological polar surface area (TPSA) is 63.7 Å². The molecule has 138 valence electrons. The predicted octanol–water partition coefficient (Wildman–Crippen LogP) is 2.82. The van der Waals surface area contributed by atoms with E-state index in [2.05, 4.69) is 0 Å². The first kappa shape index (κ1) is 18.5. The quantitative estimate of drug-likeness (QED) is 0.776. The fourth-order valence-electron chi connectivity index (χ4n) is 3.69. The molecule has 0 bridgehead atoms. The van der Waals surface area contributed by atoms with E-state index in [1.165, 1.54) is 12.1 Å². The Kier molecular flexibility index (Phi) is 5.53. The molecule has 0 radical (unpaired) electrons. The van der Waals surface area contributed by atoms with Crippen LogP contribution in [0.3, 0.4) is 0 Å². The molecule has 5 nitrogen and oxygen atoms in total. The molecule has 1 saturated heterocycles. The van der Waals surface area contributed by atoms with E-state index >= 15 is 0 Å². The summed E-state index contributed by atoms with van der Waals surface area (Å²) in [6, 6.07) is 3.50. The van der Waals surface area contributed by atoms with Crippen molar-refractivity contribution in [3.63, 3.8) is 0 Å². The Morgan fingerprint density at radius 3 is 2.56 bits per heavy atom. The lowest BCUT2D eigenvalue weighted by molar-refractivity contribution is -0.137. The fraction of sp³-hybridized carbons (Fsp3) is 0.588. The molecular weight excluding hydrogens is 369 g/mol. The number of amides is 1. The maximum atomic E-state index is 13.1. The summed E-state index contributed by atoms with van der Waals surface area (Å²) in [5.41, 5.74) is 0. The van der Waals surface area contributed by atoms with E-state index < -0.39 is 15.7 Å². The van der Waals surface area contributed by atoms with Gasteiger partial charge in [-0.2, -0.15) is 0 Å². The molecule has 1 aliphatic heterocycles. The minimum absolute atomic E-state index is 0.0204. The Bertz CT molecular complexity index is 749. The van der Waals surface area contributed by atoms with E-state index in [0.717, 1.165) is 31.7 Å². The van der Waals surface area contributed by atoms with E-state index in [1.54, 1.807) is 4.90 Å². The third-order valence-electron chi connectivity index (χ3n) is 4.85. The highest BCUT2D eigenvalue weighted by Gasteiger charge is 2.39. The average Bonchev–Trinajstić information content (AvgIpc) is 3.17. The van der Waals surface area contributed by atoms with Crippen molar-refractivity contribution in [3.8, 4) is 5.75 Å². The second kappa shape index (κ2) is 7.50. The molecule has 1 aromatic carbocycles. The molecule has 1 heterocycles. The van der Waals surface area contributed by atoms with E-state index in [9.17, 15) is 17.6 Å². The summed E-state index contributed by atoms with van der Waals surface area (Å²) in [5.74, 6) is -0.339. The second-order valence-corrected chi connectivity index (χ2v) is 9.30. The number of carbonyl (C=O) groups excluding carboxylic acids is 1. The first-order chi connectivity index (χ1) is 11.9. The summed E-state index contributed by atoms with van der Waals surface area (Å²) < 4.78 is 42.2. The minimum atomic E-state index is -3.08. The summed E-state index contributed by atoms with van der Waals surface area (Å²) in [6.07, 6.45) is 4.33. The predicted molar refractivity (Wildman–Crippen MR) is 93.1 cm³/mol. The van der Waals surface area contributed by atoms with Crippen molar-refractivity contribution < 1.29 is 22.3 Å². The fourth-order valence-corrected chi connectivity index (χ4v) is 5.62. The van der Waals surface area contributed by atoms with Crippen molar-refractivity contribution in [2.75, 3.05) is 18.1 Å². The molecule has 1 aromatic rings. The average molecular weight is 390 g/mol. The van der Waals surface area contributed by atoms with Crippen LogP contribution in [0, 0.1) is 5.82 Å². The minimum Gasteiger partial charge on any atom is -0.482 e. The van der Waals surface area contributed by atoms with Crippen LogP contribution in [0.25, 0.3) is 0 Å². The van der Waals surface area contributed by atoms with E-state index in [4.69, 9.17) is 16.3 Å². The van der Waals surface area contributed by atoms with Crippen molar-refractivity contribution in [3.05, 3.63) is 29.0 Å². The van der Waals surface area contributed by atoms with Gasteiger partial charge in [-0.05, 0) is 37.5 Å². The summed E-state index contributed by atoms with van der Waals surface area (Å²) in [5, 5.41) is 0.101. The van der Waals surface area contributed by atoms with Gasteiger partial charge in [0.25, 0.3) is 5.91 Å². The van der Waals surface area contributed by atoms with Crippen LogP contribution in [0.5, 0.6) is 5.75 Å². The van der Waals surface area contributed by atoms with Crippen LogP contribution in [0.2, 0.25) is 5.02 Å². The molecule has 3 rings (SSSR count). The van der Waals surface area contributed by atoms with Crippen molar-refractivity contribution >= 4 is 27.3 Å². The number of carbonyl (C=O) groups is 1. The highest BCUT2D eigenvalue weighted by molar-refractivity contribution is 7.91. The summed E-state index contributed by atoms with van der Waals surface area (Å²) >= 11 is 5.91. The maximum Gasteiger partial charge on any atom is 0.261 e. The molecule has 2 fully saturated rings. The largest absolute Gasteiger partial charge is 0.482 e. The van der Waals surface area contributed by atoms with Crippen molar-refractivity contribution in [1.29, 1.82) is 0 Å². The van der Waals surface area contributed by atoms with Crippen molar-refractivity contribution in [2.45, 2.75) is 44.2 Å². The molecule has 0 spiro atoms. The SMILES string of the molecule is O=C(COc1ccc(F)cc1Cl)N(C1CCCC1)C1CCS(=O)(=O)C1. The number of rotatable bonds is 5. The summed E-state index contributed by atoms with van der Waals surface area (Å²) in [6.45, 7) is -0.238. The van der Waals surface area contributed by atoms with E-state index in [0.29, 0.717) is 6.42 Å². The number of sulfone groups is 1. The normalized spacial score (nSPS) is 22.9. The molecule has 2 aliphatic rings. The Morgan fingerprint density at radius 2 is 1.96 bits per heavy atom. The van der Waals surface area contributed by atoms with Crippen LogP contribution >= 0.6 is 11.6 Å². The molecule has 0 aromatic heterocycles. The highest BCUT2D eigenvalue weighted by Crippen LogP contribution is 2.30. The number of benzene rings is 1. The zero-order valence-corrected chi connectivity index (χ0v) is 15.4. The van der Waals surface area contributed by atoms with Crippen LogP contribution in [-0.4, -0.2) is 49.4 Å². The van der Waals surface area contributed by atoms with E-state index in [-0.39, 0.29) is 46.9 Å². The van der Waals surface area contributed by atoms with Gasteiger partial charge in [0.2, 0.25) is 0 Å². The Hall–Kier alpha value is -1.34. The van der Waals surface area contributed by atoms with E-state index in [1.807, 2.05) is 0 Å². The zero-order valence-electron chi connectivity index (χ0n) is 13.8. The lowest BCUT2D eigenvalue weighted by Gasteiger charge is -2.34. The number of hydrogen-bond donors (Lipinski definition) is 0. The van der Waals surface area contributed by atoms with Gasteiger partial charge in [0, 0.05) is 12.1 Å². The first-order valence-corrected chi connectivity index (χ1v) is 10.6. The van der Waals surface area contributed by atoms with Gasteiger partial charge in [0.05, 0.1) is 16.5 Å². The van der Waals surface area contributed by atoms with Crippen LogP contribution in [0.1, 0.15) is 32.1 Å². The van der Waals surface area contributed by atoms with Gasteiger partial charge >= 0.3 is 0 Å². The first-order valence-electron chi connectivity index (χ1n) is 8.45. The third-order valence-corrected chi connectivity index (χ3v) is 6.90. The molecular formula is C17H21ClFNO4S. The smallest absolute Gasteiger partial charge is 0.261 e. The van der Waals surface area contributed by atoms with Crippen LogP contribution in [-0.2, 0) is 14.6 Å². The van der Waals surface area contributed by atoms with Crippen LogP contribution in [0.4, 0.5) is 4.39 Å². The van der Waals surface area contributed by atoms with Gasteiger partial charge in [0.15, 0.2) is 16.4 Å². The number of nitrogens with zero attached hydrogens (tertiary/aromatic N) is 1. The van der Waals surface area contributed by atoms with Gasteiger partial charge < -0.3 is 9.64 Å². The standard InChI is InChI=1S/C17H21ClFNO4S/c18-15-9-12(19)5-6-16(15)24-10-17(21)20(13-3-1-2-4-13)14-7-8-25(22,23)11-14/h5-6,9,13-14H,1-4,7-8,10-11H2. The Morgan fingerprint density at radius 1 is 1.24 bits per heavy atom. The van der Waals surface area contributed by atoms with Crippen LogP contribution < -0.4 is 4.74 Å². The summed E-state index contributed by atoms with van der Waals surface area (Å²) in [7, 11) is -3.08. The second-order valence-electron chi connectivity index (χ2n) is 6.66. The molecule has 1 saturated carbocycles. The zero-order chi connectivity index (χ0) is 18.0. The van der Waals surface area contributed by atoms with Gasteiger partial charge in [-0.15, -0.1) is 0 Å². The summed E-state index contributed by atoms with van der Waals surface area (Å²) in [4.78, 5) is 14.5. The molecule has 1 atom stereocenters. The molecule has 1 unspecified atom stereocenters. The van der Waals surface area contributed by atoms with Gasteiger partial charge in [-0.25, -0.2) is 12.8 Å². The maximum absolute atomic E-state index is 13.1. The Balaban J connectivity index is 1.70.